The van der Waals surface area contributed by atoms with Gasteiger partial charge in [0, 0.05) is 20.3 Å². The summed E-state index contributed by atoms with van der Waals surface area (Å²) in [5.74, 6) is -1.97. The van der Waals surface area contributed by atoms with E-state index in [4.69, 9.17) is 9.47 Å². The first-order valence-electron chi connectivity index (χ1n) is 3.82. The first kappa shape index (κ1) is 17.0. The van der Waals surface area contributed by atoms with E-state index in [1.807, 2.05) is 0 Å². The van der Waals surface area contributed by atoms with Crippen molar-refractivity contribution < 1.29 is 53.7 Å². The van der Waals surface area contributed by atoms with Gasteiger partial charge >= 0.3 is 29.6 Å². The number of hydrogen-bond acceptors (Lipinski definition) is 5. The van der Waals surface area contributed by atoms with Gasteiger partial charge in [-0.3, -0.25) is 4.79 Å². The van der Waals surface area contributed by atoms with Crippen LogP contribution in [0.4, 0.5) is 0 Å². The van der Waals surface area contributed by atoms with Crippen LogP contribution in [0.3, 0.4) is 0 Å². The summed E-state index contributed by atoms with van der Waals surface area (Å²) in [5.41, 5.74) is 0. The molecule has 7 heteroatoms. The number of carbonyl (C=O) groups excluding carboxylic acids is 2. The minimum Gasteiger partial charge on any atom is -0.545 e. The van der Waals surface area contributed by atoms with Crippen LogP contribution in [0.2, 0.25) is 0 Å². The fourth-order valence-electron chi connectivity index (χ4n) is 0.649. The van der Waals surface area contributed by atoms with Crippen molar-refractivity contribution in [3.63, 3.8) is 0 Å². The first-order valence-corrected chi connectivity index (χ1v) is 3.82. The van der Waals surface area contributed by atoms with Gasteiger partial charge in [-0.2, -0.15) is 0 Å². The Hall–Kier alpha value is -0.400. The van der Waals surface area contributed by atoms with E-state index in [2.05, 4.69) is 5.32 Å². The third-order valence-corrected chi connectivity index (χ3v) is 1.34. The van der Waals surface area contributed by atoms with Crippen LogP contribution >= 0.6 is 0 Å². The van der Waals surface area contributed by atoms with Gasteiger partial charge in [0.1, 0.15) is 0 Å². The Balaban J connectivity index is 0. The third-order valence-electron chi connectivity index (χ3n) is 1.34. The molecule has 80 valence electrons. The minimum absolute atomic E-state index is 0. The zero-order valence-corrected chi connectivity index (χ0v) is 11.0. The second kappa shape index (κ2) is 10.1. The summed E-state index contributed by atoms with van der Waals surface area (Å²) in [6, 6.07) is 0. The van der Waals surface area contributed by atoms with E-state index in [9.17, 15) is 14.7 Å². The molecule has 0 bridgehead atoms. The number of carboxylic acid groups (broad SMARTS) is 1. The van der Waals surface area contributed by atoms with E-state index in [1.54, 1.807) is 0 Å². The maximum atomic E-state index is 10.9. The van der Waals surface area contributed by atoms with Crippen LogP contribution in [-0.2, 0) is 19.1 Å². The van der Waals surface area contributed by atoms with Gasteiger partial charge in [0.15, 0.2) is 6.29 Å². The Kier molecular flexibility index (Phi) is 11.5. The van der Waals surface area contributed by atoms with E-state index < -0.39 is 18.2 Å². The van der Waals surface area contributed by atoms with Crippen molar-refractivity contribution in [1.82, 2.24) is 5.32 Å². The molecule has 0 fully saturated rings. The average molecular weight is 225 g/mol. The van der Waals surface area contributed by atoms with Gasteiger partial charge in [-0.1, -0.05) is 0 Å². The molecule has 0 aromatic heterocycles. The van der Waals surface area contributed by atoms with Crippen LogP contribution in [0.25, 0.3) is 0 Å². The SMILES string of the molecule is COC(CNC(=O)/C=C\C(=O)[O-])OC.[Na+]. The first-order chi connectivity index (χ1) is 6.60. The molecular formula is C8H12NNaO5. The standard InChI is InChI=1S/C8H13NO5.Na/c1-13-8(14-2)5-9-6(10)3-4-7(11)12;/h3-4,8H,5H2,1-2H3,(H,9,10)(H,11,12);/q;+1/p-1/b4-3-;. The van der Waals surface area contributed by atoms with Gasteiger partial charge in [0.2, 0.25) is 5.91 Å². The summed E-state index contributed by atoms with van der Waals surface area (Å²) in [6.45, 7) is 0.142. The second-order valence-electron chi connectivity index (χ2n) is 2.30. The van der Waals surface area contributed by atoms with Crippen LogP contribution in [-0.4, -0.2) is 38.9 Å². The summed E-state index contributed by atoms with van der Waals surface area (Å²) in [5, 5.41) is 12.3. The maximum absolute atomic E-state index is 10.9. The third kappa shape index (κ3) is 9.89. The predicted octanol–water partition coefficient (Wildman–Crippen LogP) is -4.97. The monoisotopic (exact) mass is 225 g/mol. The van der Waals surface area contributed by atoms with Crippen molar-refractivity contribution in [3.8, 4) is 0 Å². The van der Waals surface area contributed by atoms with E-state index in [-0.39, 0.29) is 36.1 Å². The Morgan fingerprint density at radius 3 is 2.27 bits per heavy atom. The fourth-order valence-corrected chi connectivity index (χ4v) is 0.649. The topological polar surface area (TPSA) is 87.7 Å². The van der Waals surface area contributed by atoms with Crippen molar-refractivity contribution in [1.29, 1.82) is 0 Å². The Morgan fingerprint density at radius 1 is 1.33 bits per heavy atom. The summed E-state index contributed by atoms with van der Waals surface area (Å²) in [7, 11) is 2.86. The molecule has 0 saturated heterocycles. The number of hydrogen-bond donors (Lipinski definition) is 1. The number of carbonyl (C=O) groups is 2. The molecule has 0 aliphatic heterocycles. The van der Waals surface area contributed by atoms with Crippen LogP contribution in [0, 0.1) is 0 Å². The summed E-state index contributed by atoms with van der Waals surface area (Å²) in [4.78, 5) is 20.8. The van der Waals surface area contributed by atoms with Crippen LogP contribution in [0.15, 0.2) is 12.2 Å². The second-order valence-corrected chi connectivity index (χ2v) is 2.30. The average Bonchev–Trinajstić information content (AvgIpc) is 2.16. The van der Waals surface area contributed by atoms with Crippen LogP contribution < -0.4 is 40.0 Å². The zero-order valence-electron chi connectivity index (χ0n) is 8.98. The van der Waals surface area contributed by atoms with Crippen molar-refractivity contribution in [2.45, 2.75) is 6.29 Å². The Bertz CT molecular complexity index is 227. The molecule has 0 rings (SSSR count). The molecule has 0 aromatic rings. The van der Waals surface area contributed by atoms with E-state index in [1.165, 1.54) is 14.2 Å². The predicted molar refractivity (Wildman–Crippen MR) is 45.0 cm³/mol. The van der Waals surface area contributed by atoms with Crippen LogP contribution in [0.1, 0.15) is 0 Å². The zero-order chi connectivity index (χ0) is 11.0. The van der Waals surface area contributed by atoms with E-state index >= 15 is 0 Å². The van der Waals surface area contributed by atoms with Gasteiger partial charge in [-0.15, -0.1) is 0 Å². The normalized spacial score (nSPS) is 10.1. The number of methoxy groups -OCH3 is 2. The number of amides is 1. The number of aliphatic carboxylic acids is 1. The van der Waals surface area contributed by atoms with Crippen molar-refractivity contribution >= 4 is 11.9 Å². The van der Waals surface area contributed by atoms with Crippen molar-refractivity contribution in [2.24, 2.45) is 0 Å². The fraction of sp³-hybridized carbons (Fsp3) is 0.500. The molecule has 0 heterocycles. The number of ether oxygens (including phenoxy) is 2. The summed E-state index contributed by atoms with van der Waals surface area (Å²) >= 11 is 0. The molecule has 0 atom stereocenters. The maximum Gasteiger partial charge on any atom is 1.00 e. The molecule has 0 spiro atoms. The smallest absolute Gasteiger partial charge is 0.545 e. The van der Waals surface area contributed by atoms with E-state index in [0.717, 1.165) is 6.08 Å². The quantitative estimate of drug-likeness (QED) is 0.278. The largest absolute Gasteiger partial charge is 1.00 e. The van der Waals surface area contributed by atoms with Crippen LogP contribution in [0.5, 0.6) is 0 Å². The molecule has 0 aliphatic carbocycles. The number of carboxylic acids is 1. The Labute approximate surface area is 110 Å². The molecule has 0 aliphatic rings. The number of nitrogens with one attached hydrogen (secondary N) is 1. The minimum atomic E-state index is -1.42. The molecule has 6 nitrogen and oxygen atoms in total. The molecule has 0 saturated carbocycles. The van der Waals surface area contributed by atoms with Gasteiger partial charge in [-0.25, -0.2) is 0 Å². The molecule has 1 N–H and O–H groups in total. The molecule has 1 amide bonds. The molecule has 0 aromatic carbocycles. The molecule has 15 heavy (non-hydrogen) atoms. The van der Waals surface area contributed by atoms with Gasteiger partial charge in [0.25, 0.3) is 0 Å². The molecule has 0 unspecified atom stereocenters. The van der Waals surface area contributed by atoms with Gasteiger partial charge in [0.05, 0.1) is 12.5 Å². The van der Waals surface area contributed by atoms with Crippen molar-refractivity contribution in [3.05, 3.63) is 12.2 Å². The van der Waals surface area contributed by atoms with Gasteiger partial charge < -0.3 is 24.7 Å². The van der Waals surface area contributed by atoms with Gasteiger partial charge in [-0.05, 0) is 6.08 Å². The summed E-state index contributed by atoms with van der Waals surface area (Å²) in [6.07, 6.45) is 0.956. The van der Waals surface area contributed by atoms with Crippen molar-refractivity contribution in [2.75, 3.05) is 20.8 Å². The Morgan fingerprint density at radius 2 is 1.87 bits per heavy atom. The summed E-state index contributed by atoms with van der Waals surface area (Å²) < 4.78 is 9.57. The van der Waals surface area contributed by atoms with E-state index in [0.29, 0.717) is 6.08 Å². The molecule has 0 radical (unpaired) electrons. The number of rotatable bonds is 6. The molecular weight excluding hydrogens is 213 g/mol.